The van der Waals surface area contributed by atoms with Gasteiger partial charge in [0.25, 0.3) is 5.91 Å². The van der Waals surface area contributed by atoms with Gasteiger partial charge in [0, 0.05) is 10.5 Å². The van der Waals surface area contributed by atoms with E-state index >= 15 is 0 Å². The molecule has 0 bridgehead atoms. The summed E-state index contributed by atoms with van der Waals surface area (Å²) in [7, 11) is 3.09. The standard InChI is InChI=1S/C14H13BrN2O3/c1-19-10-4-5-12(15)11(7-10)14(18)17-9-3-6-13(20-2)16-8-9/h3-8H,1-2H3,(H,17,18). The van der Waals surface area contributed by atoms with E-state index < -0.39 is 0 Å². The lowest BCUT2D eigenvalue weighted by atomic mass is 10.2. The van der Waals surface area contributed by atoms with Crippen LogP contribution in [-0.4, -0.2) is 25.1 Å². The molecule has 20 heavy (non-hydrogen) atoms. The van der Waals surface area contributed by atoms with Crippen molar-refractivity contribution in [3.63, 3.8) is 0 Å². The molecule has 0 saturated carbocycles. The fourth-order valence-corrected chi connectivity index (χ4v) is 2.01. The molecule has 0 spiro atoms. The Labute approximate surface area is 125 Å². The highest BCUT2D eigenvalue weighted by Crippen LogP contribution is 2.23. The summed E-state index contributed by atoms with van der Waals surface area (Å²) in [6.45, 7) is 0. The number of rotatable bonds is 4. The molecule has 1 amide bonds. The number of halogens is 1. The minimum Gasteiger partial charge on any atom is -0.497 e. The monoisotopic (exact) mass is 336 g/mol. The van der Waals surface area contributed by atoms with E-state index in [1.807, 2.05) is 0 Å². The van der Waals surface area contributed by atoms with Gasteiger partial charge in [0.1, 0.15) is 5.75 Å². The second-order valence-electron chi connectivity index (χ2n) is 3.89. The van der Waals surface area contributed by atoms with Crippen LogP contribution in [0.4, 0.5) is 5.69 Å². The van der Waals surface area contributed by atoms with E-state index in [2.05, 4.69) is 26.2 Å². The quantitative estimate of drug-likeness (QED) is 0.931. The molecule has 0 radical (unpaired) electrons. The number of methoxy groups -OCH3 is 2. The van der Waals surface area contributed by atoms with E-state index in [0.717, 1.165) is 0 Å². The summed E-state index contributed by atoms with van der Waals surface area (Å²) in [5, 5.41) is 2.76. The lowest BCUT2D eigenvalue weighted by Crippen LogP contribution is -2.13. The summed E-state index contributed by atoms with van der Waals surface area (Å²) < 4.78 is 10.8. The molecular weight excluding hydrogens is 324 g/mol. The molecule has 5 nitrogen and oxygen atoms in total. The number of anilines is 1. The molecule has 6 heteroatoms. The Morgan fingerprint density at radius 2 is 2.00 bits per heavy atom. The van der Waals surface area contributed by atoms with Crippen LogP contribution in [0.1, 0.15) is 10.4 Å². The molecule has 0 aliphatic carbocycles. The predicted octanol–water partition coefficient (Wildman–Crippen LogP) is 3.11. The summed E-state index contributed by atoms with van der Waals surface area (Å²) in [5.74, 6) is 0.861. The van der Waals surface area contributed by atoms with E-state index in [4.69, 9.17) is 9.47 Å². The molecule has 0 aliphatic heterocycles. The molecule has 2 aromatic rings. The van der Waals surface area contributed by atoms with Crippen LogP contribution in [-0.2, 0) is 0 Å². The van der Waals surface area contributed by atoms with Crippen molar-refractivity contribution in [2.24, 2.45) is 0 Å². The van der Waals surface area contributed by atoms with Crippen LogP contribution in [0.2, 0.25) is 0 Å². The van der Waals surface area contributed by atoms with E-state index in [1.165, 1.54) is 13.3 Å². The first kappa shape index (κ1) is 14.3. The van der Waals surface area contributed by atoms with Gasteiger partial charge in [-0.3, -0.25) is 4.79 Å². The third kappa shape index (κ3) is 3.27. The Kier molecular flexibility index (Phi) is 4.57. The van der Waals surface area contributed by atoms with Crippen LogP contribution in [0, 0.1) is 0 Å². The van der Waals surface area contributed by atoms with Crippen molar-refractivity contribution < 1.29 is 14.3 Å². The molecular formula is C14H13BrN2O3. The number of nitrogens with one attached hydrogen (secondary N) is 1. The normalized spacial score (nSPS) is 9.95. The van der Waals surface area contributed by atoms with Gasteiger partial charge in [-0.2, -0.15) is 0 Å². The minimum atomic E-state index is -0.247. The van der Waals surface area contributed by atoms with Crippen molar-refractivity contribution in [3.05, 3.63) is 46.6 Å². The molecule has 0 saturated heterocycles. The van der Waals surface area contributed by atoms with Crippen molar-refractivity contribution in [1.29, 1.82) is 0 Å². The first-order valence-electron chi connectivity index (χ1n) is 5.79. The van der Waals surface area contributed by atoms with Crippen LogP contribution in [0.25, 0.3) is 0 Å². The third-order valence-corrected chi connectivity index (χ3v) is 3.31. The highest BCUT2D eigenvalue weighted by molar-refractivity contribution is 9.10. The van der Waals surface area contributed by atoms with Crippen LogP contribution < -0.4 is 14.8 Å². The highest BCUT2D eigenvalue weighted by Gasteiger charge is 2.12. The first-order chi connectivity index (χ1) is 9.63. The molecule has 0 fully saturated rings. The van der Waals surface area contributed by atoms with Gasteiger partial charge < -0.3 is 14.8 Å². The summed E-state index contributed by atoms with van der Waals surface area (Å²) >= 11 is 3.34. The summed E-state index contributed by atoms with van der Waals surface area (Å²) in [4.78, 5) is 16.2. The van der Waals surface area contributed by atoms with Crippen molar-refractivity contribution in [2.75, 3.05) is 19.5 Å². The zero-order chi connectivity index (χ0) is 14.5. The summed E-state index contributed by atoms with van der Waals surface area (Å²) in [5.41, 5.74) is 1.07. The molecule has 1 N–H and O–H groups in total. The topological polar surface area (TPSA) is 60.5 Å². The molecule has 0 unspecified atom stereocenters. The van der Waals surface area contributed by atoms with Crippen LogP contribution >= 0.6 is 15.9 Å². The molecule has 1 aromatic heterocycles. The Balaban J connectivity index is 2.18. The zero-order valence-corrected chi connectivity index (χ0v) is 12.6. The molecule has 2 rings (SSSR count). The average Bonchev–Trinajstić information content (AvgIpc) is 2.48. The molecule has 1 heterocycles. The number of hydrogen-bond acceptors (Lipinski definition) is 4. The van der Waals surface area contributed by atoms with Gasteiger partial charge in [0.15, 0.2) is 0 Å². The van der Waals surface area contributed by atoms with Crippen LogP contribution in [0.3, 0.4) is 0 Å². The number of ether oxygens (including phenoxy) is 2. The van der Waals surface area contributed by atoms with Gasteiger partial charge in [0.2, 0.25) is 5.88 Å². The van der Waals surface area contributed by atoms with Gasteiger partial charge >= 0.3 is 0 Å². The lowest BCUT2D eigenvalue weighted by molar-refractivity contribution is 0.102. The smallest absolute Gasteiger partial charge is 0.256 e. The summed E-state index contributed by atoms with van der Waals surface area (Å²) in [6.07, 6.45) is 1.53. The largest absolute Gasteiger partial charge is 0.497 e. The summed E-state index contributed by atoms with van der Waals surface area (Å²) in [6, 6.07) is 8.60. The second kappa shape index (κ2) is 6.38. The van der Waals surface area contributed by atoms with E-state index in [9.17, 15) is 4.79 Å². The Bertz CT molecular complexity index is 614. The highest BCUT2D eigenvalue weighted by atomic mass is 79.9. The predicted molar refractivity (Wildman–Crippen MR) is 79.4 cm³/mol. The van der Waals surface area contributed by atoms with Gasteiger partial charge in [-0.25, -0.2) is 4.98 Å². The van der Waals surface area contributed by atoms with Gasteiger partial charge in [0.05, 0.1) is 31.7 Å². The zero-order valence-electron chi connectivity index (χ0n) is 11.0. The van der Waals surface area contributed by atoms with Crippen molar-refractivity contribution in [1.82, 2.24) is 4.98 Å². The van der Waals surface area contributed by atoms with Gasteiger partial charge in [-0.05, 0) is 40.2 Å². The fourth-order valence-electron chi connectivity index (χ4n) is 1.58. The number of nitrogens with zero attached hydrogens (tertiary/aromatic N) is 1. The number of benzene rings is 1. The number of hydrogen-bond donors (Lipinski definition) is 1. The second-order valence-corrected chi connectivity index (χ2v) is 4.74. The number of carbonyl (C=O) groups is 1. The van der Waals surface area contributed by atoms with E-state index in [0.29, 0.717) is 27.4 Å². The Morgan fingerprint density at radius 3 is 2.60 bits per heavy atom. The lowest BCUT2D eigenvalue weighted by Gasteiger charge is -2.08. The molecule has 104 valence electrons. The average molecular weight is 337 g/mol. The van der Waals surface area contributed by atoms with E-state index in [1.54, 1.807) is 37.4 Å². The number of amides is 1. The first-order valence-corrected chi connectivity index (χ1v) is 6.58. The maximum Gasteiger partial charge on any atom is 0.256 e. The maximum absolute atomic E-state index is 12.2. The van der Waals surface area contributed by atoms with Crippen molar-refractivity contribution in [3.8, 4) is 11.6 Å². The fraction of sp³-hybridized carbons (Fsp3) is 0.143. The van der Waals surface area contributed by atoms with Gasteiger partial charge in [-0.15, -0.1) is 0 Å². The molecule has 1 aromatic carbocycles. The van der Waals surface area contributed by atoms with Crippen LogP contribution in [0.15, 0.2) is 41.0 Å². The van der Waals surface area contributed by atoms with Crippen molar-refractivity contribution in [2.45, 2.75) is 0 Å². The Morgan fingerprint density at radius 1 is 1.20 bits per heavy atom. The molecule has 0 aliphatic rings. The van der Waals surface area contributed by atoms with Gasteiger partial charge in [-0.1, -0.05) is 0 Å². The number of pyridine rings is 1. The van der Waals surface area contributed by atoms with Crippen molar-refractivity contribution >= 4 is 27.5 Å². The molecule has 0 atom stereocenters. The SMILES string of the molecule is COc1ccc(Br)c(C(=O)Nc2ccc(OC)nc2)c1. The third-order valence-electron chi connectivity index (χ3n) is 2.62. The minimum absolute atomic E-state index is 0.247. The number of aromatic nitrogens is 1. The Hall–Kier alpha value is -2.08. The maximum atomic E-state index is 12.2. The van der Waals surface area contributed by atoms with E-state index in [-0.39, 0.29) is 5.91 Å². The van der Waals surface area contributed by atoms with Crippen LogP contribution in [0.5, 0.6) is 11.6 Å². The number of carbonyl (C=O) groups excluding carboxylic acids is 1.